The monoisotopic (exact) mass is 362 g/mol. The number of halogens is 1. The predicted octanol–water partition coefficient (Wildman–Crippen LogP) is 3.39. The Morgan fingerprint density at radius 3 is 2.59 bits per heavy atom. The second kappa shape index (κ2) is 7.51. The fourth-order valence-corrected chi connectivity index (χ4v) is 2.94. The normalized spacial score (nSPS) is 11.0. The fraction of sp³-hybridized carbons (Fsp3) is 0.150. The van der Waals surface area contributed by atoms with E-state index in [0.29, 0.717) is 13.1 Å². The first-order valence-electron chi connectivity index (χ1n) is 8.65. The largest absolute Gasteiger partial charge is 0.308 e. The second-order valence-electron chi connectivity index (χ2n) is 6.25. The summed E-state index contributed by atoms with van der Waals surface area (Å²) in [5, 5.41) is 10.5. The zero-order valence-corrected chi connectivity index (χ0v) is 14.9. The van der Waals surface area contributed by atoms with Crippen molar-refractivity contribution >= 4 is 0 Å². The van der Waals surface area contributed by atoms with Crippen molar-refractivity contribution in [2.75, 3.05) is 0 Å². The van der Waals surface area contributed by atoms with Crippen molar-refractivity contribution < 1.29 is 4.39 Å². The highest BCUT2D eigenvalue weighted by atomic mass is 19.1. The molecule has 0 amide bonds. The van der Waals surface area contributed by atoms with Crippen LogP contribution in [-0.4, -0.2) is 24.7 Å². The highest BCUT2D eigenvalue weighted by Crippen LogP contribution is 2.21. The number of aromatic nitrogens is 5. The third kappa shape index (κ3) is 3.78. The number of aromatic amines is 1. The van der Waals surface area contributed by atoms with E-state index < -0.39 is 0 Å². The van der Waals surface area contributed by atoms with E-state index in [1.54, 1.807) is 24.5 Å². The average molecular weight is 362 g/mol. The Hall–Kier alpha value is -3.32. The van der Waals surface area contributed by atoms with E-state index in [-0.39, 0.29) is 5.82 Å². The highest BCUT2D eigenvalue weighted by molar-refractivity contribution is 5.62. The predicted molar refractivity (Wildman–Crippen MR) is 101 cm³/mol. The molecule has 0 unspecified atom stereocenters. The zero-order chi connectivity index (χ0) is 18.6. The van der Waals surface area contributed by atoms with Crippen molar-refractivity contribution in [1.29, 1.82) is 0 Å². The molecule has 0 aliphatic carbocycles. The number of hydrogen-bond acceptors (Lipinski definition) is 4. The van der Waals surface area contributed by atoms with Crippen molar-refractivity contribution in [3.63, 3.8) is 0 Å². The molecule has 4 aromatic rings. The summed E-state index contributed by atoms with van der Waals surface area (Å²) >= 11 is 0. The maximum Gasteiger partial charge on any atom is 0.137 e. The van der Waals surface area contributed by atoms with E-state index in [2.05, 4.69) is 25.5 Å². The SMILES string of the molecule is Cc1nccn1-c1ccc(CNCc2cn[nH]c2-c2ccc(F)cc2)cn1. The Morgan fingerprint density at radius 1 is 1.04 bits per heavy atom. The number of imidazole rings is 1. The highest BCUT2D eigenvalue weighted by Gasteiger charge is 2.08. The molecule has 0 aliphatic heterocycles. The number of nitrogens with one attached hydrogen (secondary N) is 2. The molecule has 0 spiro atoms. The first-order valence-corrected chi connectivity index (χ1v) is 8.65. The molecule has 0 radical (unpaired) electrons. The lowest BCUT2D eigenvalue weighted by molar-refractivity contribution is 0.628. The van der Waals surface area contributed by atoms with E-state index in [0.717, 1.165) is 34.0 Å². The van der Waals surface area contributed by atoms with Gasteiger partial charge in [0.1, 0.15) is 17.5 Å². The summed E-state index contributed by atoms with van der Waals surface area (Å²) in [6.45, 7) is 3.27. The third-order valence-corrected chi connectivity index (χ3v) is 4.38. The van der Waals surface area contributed by atoms with Crippen molar-refractivity contribution in [1.82, 2.24) is 30.0 Å². The quantitative estimate of drug-likeness (QED) is 0.551. The van der Waals surface area contributed by atoms with Gasteiger partial charge in [-0.1, -0.05) is 6.07 Å². The van der Waals surface area contributed by atoms with Gasteiger partial charge in [0.05, 0.1) is 11.9 Å². The van der Waals surface area contributed by atoms with Gasteiger partial charge in [-0.2, -0.15) is 5.10 Å². The van der Waals surface area contributed by atoms with Gasteiger partial charge in [-0.25, -0.2) is 14.4 Å². The molecule has 1 aromatic carbocycles. The molecule has 3 aromatic heterocycles. The number of rotatable bonds is 6. The van der Waals surface area contributed by atoms with Crippen LogP contribution in [0.1, 0.15) is 17.0 Å². The summed E-state index contributed by atoms with van der Waals surface area (Å²) in [6.07, 6.45) is 7.30. The van der Waals surface area contributed by atoms with Crippen LogP contribution in [0.5, 0.6) is 0 Å². The van der Waals surface area contributed by atoms with E-state index in [1.165, 1.54) is 12.1 Å². The van der Waals surface area contributed by atoms with Gasteiger partial charge in [-0.15, -0.1) is 0 Å². The van der Waals surface area contributed by atoms with Crippen molar-refractivity contribution in [3.05, 3.63) is 84.0 Å². The summed E-state index contributed by atoms with van der Waals surface area (Å²) in [6, 6.07) is 10.4. The maximum absolute atomic E-state index is 13.1. The average Bonchev–Trinajstić information content (AvgIpc) is 3.32. The lowest BCUT2D eigenvalue weighted by Crippen LogP contribution is -2.13. The van der Waals surface area contributed by atoms with Gasteiger partial charge in [-0.05, 0) is 42.8 Å². The van der Waals surface area contributed by atoms with E-state index in [9.17, 15) is 4.39 Å². The summed E-state index contributed by atoms with van der Waals surface area (Å²) in [7, 11) is 0. The first kappa shape index (κ1) is 17.1. The van der Waals surface area contributed by atoms with Crippen molar-refractivity contribution in [3.8, 4) is 17.1 Å². The van der Waals surface area contributed by atoms with E-state index >= 15 is 0 Å². The third-order valence-electron chi connectivity index (χ3n) is 4.38. The number of benzene rings is 1. The minimum atomic E-state index is -0.250. The van der Waals surface area contributed by atoms with Gasteiger partial charge in [-0.3, -0.25) is 9.67 Å². The topological polar surface area (TPSA) is 71.4 Å². The molecule has 0 atom stereocenters. The molecule has 2 N–H and O–H groups in total. The summed E-state index contributed by atoms with van der Waals surface area (Å²) < 4.78 is 15.1. The number of aryl methyl sites for hydroxylation is 1. The number of hydrogen-bond donors (Lipinski definition) is 2. The maximum atomic E-state index is 13.1. The number of H-pyrrole nitrogens is 1. The van der Waals surface area contributed by atoms with Gasteiger partial charge in [0, 0.05) is 42.8 Å². The molecule has 0 fully saturated rings. The van der Waals surface area contributed by atoms with Crippen LogP contribution in [0.15, 0.2) is 61.2 Å². The minimum Gasteiger partial charge on any atom is -0.308 e. The summed E-state index contributed by atoms with van der Waals surface area (Å²) in [5.74, 6) is 1.50. The van der Waals surface area contributed by atoms with Crippen LogP contribution < -0.4 is 5.32 Å². The number of pyridine rings is 1. The Bertz CT molecular complexity index is 1020. The molecule has 0 saturated heterocycles. The van der Waals surface area contributed by atoms with Gasteiger partial charge >= 0.3 is 0 Å². The second-order valence-corrected chi connectivity index (χ2v) is 6.25. The van der Waals surface area contributed by atoms with Crippen LogP contribution >= 0.6 is 0 Å². The molecule has 0 saturated carbocycles. The summed E-state index contributed by atoms with van der Waals surface area (Å²) in [5.41, 5.74) is 3.92. The van der Waals surface area contributed by atoms with Crippen molar-refractivity contribution in [2.45, 2.75) is 20.0 Å². The Labute approximate surface area is 156 Å². The van der Waals surface area contributed by atoms with Gasteiger partial charge < -0.3 is 5.32 Å². The van der Waals surface area contributed by atoms with Crippen LogP contribution in [0.2, 0.25) is 0 Å². The number of nitrogens with zero attached hydrogens (tertiary/aromatic N) is 4. The smallest absolute Gasteiger partial charge is 0.137 e. The van der Waals surface area contributed by atoms with Gasteiger partial charge in [0.15, 0.2) is 0 Å². The van der Waals surface area contributed by atoms with E-state index in [1.807, 2.05) is 36.0 Å². The Morgan fingerprint density at radius 2 is 1.89 bits per heavy atom. The molecule has 3 heterocycles. The zero-order valence-electron chi connectivity index (χ0n) is 14.9. The minimum absolute atomic E-state index is 0.250. The molecular weight excluding hydrogens is 343 g/mol. The van der Waals surface area contributed by atoms with Crippen LogP contribution in [-0.2, 0) is 13.1 Å². The molecular formula is C20H19FN6. The van der Waals surface area contributed by atoms with Crippen LogP contribution in [0.3, 0.4) is 0 Å². The molecule has 0 aliphatic rings. The lowest BCUT2D eigenvalue weighted by atomic mass is 10.1. The molecule has 0 bridgehead atoms. The molecule has 7 heteroatoms. The fourth-order valence-electron chi connectivity index (χ4n) is 2.94. The summed E-state index contributed by atoms with van der Waals surface area (Å²) in [4.78, 5) is 8.71. The van der Waals surface area contributed by atoms with Gasteiger partial charge in [0.25, 0.3) is 0 Å². The lowest BCUT2D eigenvalue weighted by Gasteiger charge is -2.08. The van der Waals surface area contributed by atoms with E-state index in [4.69, 9.17) is 0 Å². The Balaban J connectivity index is 1.39. The van der Waals surface area contributed by atoms with Crippen LogP contribution in [0.25, 0.3) is 17.1 Å². The molecule has 136 valence electrons. The standard InChI is InChI=1S/C20H19FN6/c1-14-23-8-9-27(14)19-7-2-15(11-24-19)10-22-12-17-13-25-26-20(17)16-3-5-18(21)6-4-16/h2-9,11,13,22H,10,12H2,1H3,(H,25,26). The van der Waals surface area contributed by atoms with Crippen LogP contribution in [0, 0.1) is 12.7 Å². The van der Waals surface area contributed by atoms with Crippen LogP contribution in [0.4, 0.5) is 4.39 Å². The Kier molecular flexibility index (Phi) is 4.76. The van der Waals surface area contributed by atoms with Crippen molar-refractivity contribution in [2.24, 2.45) is 0 Å². The van der Waals surface area contributed by atoms with Gasteiger partial charge in [0.2, 0.25) is 0 Å². The first-order chi connectivity index (χ1) is 13.2. The molecule has 27 heavy (non-hydrogen) atoms. The molecule has 4 rings (SSSR count). The molecule has 6 nitrogen and oxygen atoms in total.